The summed E-state index contributed by atoms with van der Waals surface area (Å²) in [4.78, 5) is 107. The Morgan fingerprint density at radius 2 is 0.489 bits per heavy atom. The molecule has 17 nitrogen and oxygen atoms in total. The van der Waals surface area contributed by atoms with Crippen LogP contribution in [0.1, 0.15) is 357 Å². The average Bonchev–Trinajstić information content (AvgIpc) is 0.875. The number of carbonyl (C=O) groups excluding carboxylic acids is 7. The zero-order valence-electron chi connectivity index (χ0n) is 60.5. The van der Waals surface area contributed by atoms with E-state index in [1.54, 1.807) is 0 Å². The zero-order valence-corrected chi connectivity index (χ0v) is 60.5. The molecule has 0 N–H and O–H groups in total. The number of non-ortho nitro benzene ring substituents is 1. The molecule has 1 aromatic rings. The summed E-state index contributed by atoms with van der Waals surface area (Å²) in [5.74, 6) is -5.27. The third-order valence-electron chi connectivity index (χ3n) is 17.9. The number of rotatable bonds is 65. The van der Waals surface area contributed by atoms with Crippen LogP contribution in [-0.4, -0.2) is 86.3 Å². The Balaban J connectivity index is 3.35. The van der Waals surface area contributed by atoms with Crippen molar-refractivity contribution < 1.29 is 71.6 Å². The number of nitrogens with zero attached hydrogens (tertiary/aromatic N) is 1. The number of hydrogen-bond donors (Lipinski definition) is 0. The van der Waals surface area contributed by atoms with Crippen LogP contribution in [0.4, 0.5) is 5.69 Å². The molecular weight excluding hydrogens is 1190 g/mol. The highest BCUT2D eigenvalue weighted by Gasteiger charge is 2.46. The average molecular weight is 1330 g/mol. The highest BCUT2D eigenvalue weighted by atomic mass is 16.6. The van der Waals surface area contributed by atoms with Gasteiger partial charge in [-0.05, 0) is 58.6 Å². The molecular formula is C77H133NO16. The summed E-state index contributed by atoms with van der Waals surface area (Å²) in [5, 5.41) is 11.5. The van der Waals surface area contributed by atoms with E-state index < -0.39 is 103 Å². The molecule has 17 heteroatoms. The highest BCUT2D eigenvalue weighted by molar-refractivity contribution is 5.83. The quantitative estimate of drug-likeness (QED) is 0.0147. The minimum absolute atomic E-state index is 0.0991. The van der Waals surface area contributed by atoms with Gasteiger partial charge in [0.2, 0.25) is 0 Å². The monoisotopic (exact) mass is 1330 g/mol. The normalized spacial score (nSPS) is 11.7. The lowest BCUT2D eigenvalue weighted by atomic mass is 9.90. The minimum Gasteiger partial charge on any atom is -0.464 e. The van der Waals surface area contributed by atoms with Crippen molar-refractivity contribution in [1.29, 1.82) is 0 Å². The van der Waals surface area contributed by atoms with E-state index in [1.165, 1.54) is 187 Å². The second kappa shape index (κ2) is 57.0. The second-order valence-electron chi connectivity index (χ2n) is 27.8. The van der Waals surface area contributed by atoms with E-state index in [4.69, 9.17) is 33.2 Å². The molecule has 0 radical (unpaired) electrons. The van der Waals surface area contributed by atoms with Gasteiger partial charge < -0.3 is 33.2 Å². The molecule has 542 valence electrons. The molecule has 0 aliphatic rings. The van der Waals surface area contributed by atoms with Crippen LogP contribution in [0.2, 0.25) is 0 Å². The smallest absolute Gasteiger partial charge is 0.324 e. The van der Waals surface area contributed by atoms with Crippen LogP contribution < -0.4 is 4.74 Å². The van der Waals surface area contributed by atoms with Crippen molar-refractivity contribution in [2.45, 2.75) is 357 Å². The molecule has 0 heterocycles. The van der Waals surface area contributed by atoms with Crippen molar-refractivity contribution in [3.8, 4) is 5.75 Å². The Kier molecular flexibility index (Phi) is 52.7. The molecule has 0 atom stereocenters. The number of benzene rings is 1. The van der Waals surface area contributed by atoms with E-state index in [2.05, 4.69) is 27.7 Å². The fourth-order valence-corrected chi connectivity index (χ4v) is 11.1. The molecule has 1 aromatic carbocycles. The molecule has 0 unspecified atom stereocenters. The van der Waals surface area contributed by atoms with Gasteiger partial charge in [-0.15, -0.1) is 0 Å². The van der Waals surface area contributed by atoms with Crippen molar-refractivity contribution in [1.82, 2.24) is 0 Å². The summed E-state index contributed by atoms with van der Waals surface area (Å²) in [6.07, 6.45) is 49.0. The van der Waals surface area contributed by atoms with Crippen molar-refractivity contribution in [2.75, 3.05) is 39.6 Å². The SMILES string of the molecule is CCCCCCCCCCCCCC(=O)OCC(C)(COC(=O)CCCCCCCCCCCCC)C(=O)OCC(C)(COC(=O)C(C)(COC(=O)CCCCCCCCCCCCC)COC(=O)CCCCCCCCCCCCC)C(=O)Oc1ccc([N+](=O)[O-])cc1. The van der Waals surface area contributed by atoms with E-state index in [1.807, 2.05) is 0 Å². The van der Waals surface area contributed by atoms with Crippen molar-refractivity contribution in [3.63, 3.8) is 0 Å². The number of unbranched alkanes of at least 4 members (excludes halogenated alkanes) is 40. The molecule has 0 aromatic heterocycles. The number of nitro benzene ring substituents is 1. The van der Waals surface area contributed by atoms with Crippen LogP contribution >= 0.6 is 0 Å². The Hall–Kier alpha value is -5.09. The van der Waals surface area contributed by atoms with Gasteiger partial charge in [-0.2, -0.15) is 0 Å². The third-order valence-corrected chi connectivity index (χ3v) is 17.9. The first-order valence-electron chi connectivity index (χ1n) is 37.8. The number of nitro groups is 1. The Labute approximate surface area is 569 Å². The number of carbonyl (C=O) groups is 7. The predicted molar refractivity (Wildman–Crippen MR) is 373 cm³/mol. The van der Waals surface area contributed by atoms with Gasteiger partial charge in [-0.25, -0.2) is 0 Å². The lowest BCUT2D eigenvalue weighted by molar-refractivity contribution is -0.384. The van der Waals surface area contributed by atoms with Crippen LogP contribution in [0, 0.1) is 26.4 Å². The van der Waals surface area contributed by atoms with E-state index >= 15 is 0 Å². The minimum atomic E-state index is -2.00. The number of hydrogen-bond acceptors (Lipinski definition) is 16. The maximum Gasteiger partial charge on any atom is 0.324 e. The molecule has 0 spiro atoms. The highest BCUT2D eigenvalue weighted by Crippen LogP contribution is 2.30. The Morgan fingerprint density at radius 1 is 0.298 bits per heavy atom. The van der Waals surface area contributed by atoms with Crippen LogP contribution in [0.5, 0.6) is 5.75 Å². The molecule has 1 rings (SSSR count). The standard InChI is InChI=1S/C77H133NO16/c1-8-12-16-20-24-28-32-36-40-44-48-52-68(79)88-60-75(5,61-89-69(80)53-49-45-41-37-33-29-25-21-17-13-9-2)72(83)92-64-77(7,74(85)94-67-58-56-66(57-59-67)78(86)87)65-93-73(84)76(6,62-90-70(81)54-50-46-42-38-34-30-26-22-18-14-10-3)63-91-71(82)55-51-47-43-39-35-31-27-23-19-15-11-4/h56-59H,8-55,60-65H2,1-7H3. The van der Waals surface area contributed by atoms with Crippen LogP contribution in [0.15, 0.2) is 24.3 Å². The number of ether oxygens (including phenoxy) is 7. The molecule has 0 saturated carbocycles. The summed E-state index contributed by atoms with van der Waals surface area (Å²) >= 11 is 0. The first kappa shape index (κ1) is 86.9. The lowest BCUT2D eigenvalue weighted by Crippen LogP contribution is -2.47. The van der Waals surface area contributed by atoms with Gasteiger partial charge in [0.1, 0.15) is 61.6 Å². The van der Waals surface area contributed by atoms with Gasteiger partial charge in [0.25, 0.3) is 5.69 Å². The summed E-state index contributed by atoms with van der Waals surface area (Å²) in [6, 6.07) is 4.72. The van der Waals surface area contributed by atoms with Crippen molar-refractivity contribution >= 4 is 47.5 Å². The third kappa shape index (κ3) is 45.4. The molecule has 0 fully saturated rings. The van der Waals surface area contributed by atoms with Gasteiger partial charge in [-0.1, -0.05) is 285 Å². The van der Waals surface area contributed by atoms with Crippen LogP contribution in [-0.2, 0) is 62.0 Å². The lowest BCUT2D eigenvalue weighted by Gasteiger charge is -2.32. The van der Waals surface area contributed by atoms with Gasteiger partial charge in [0, 0.05) is 37.8 Å². The summed E-state index contributed by atoms with van der Waals surface area (Å²) in [6.45, 7) is 9.45. The van der Waals surface area contributed by atoms with E-state index in [0.717, 1.165) is 115 Å². The second-order valence-corrected chi connectivity index (χ2v) is 27.8. The van der Waals surface area contributed by atoms with Crippen LogP contribution in [0.25, 0.3) is 0 Å². The Morgan fingerprint density at radius 3 is 0.702 bits per heavy atom. The molecule has 94 heavy (non-hydrogen) atoms. The molecule has 0 saturated heterocycles. The molecule has 0 aliphatic heterocycles. The molecule has 0 bridgehead atoms. The van der Waals surface area contributed by atoms with Crippen LogP contribution in [0.3, 0.4) is 0 Å². The maximum atomic E-state index is 14.5. The van der Waals surface area contributed by atoms with E-state index in [0.29, 0.717) is 25.7 Å². The number of esters is 7. The topological polar surface area (TPSA) is 227 Å². The maximum absolute atomic E-state index is 14.5. The Bertz CT molecular complexity index is 1950. The zero-order chi connectivity index (χ0) is 69.2. The first-order chi connectivity index (χ1) is 45.4. The van der Waals surface area contributed by atoms with E-state index in [-0.39, 0.29) is 37.1 Å². The summed E-state index contributed by atoms with van der Waals surface area (Å²) < 4.78 is 40.4. The summed E-state index contributed by atoms with van der Waals surface area (Å²) in [7, 11) is 0. The fraction of sp³-hybridized carbons (Fsp3) is 0.831. The first-order valence-corrected chi connectivity index (χ1v) is 37.8. The van der Waals surface area contributed by atoms with Crippen molar-refractivity contribution in [3.05, 3.63) is 34.4 Å². The van der Waals surface area contributed by atoms with Gasteiger partial charge >= 0.3 is 41.8 Å². The molecule has 0 aliphatic carbocycles. The van der Waals surface area contributed by atoms with Crippen molar-refractivity contribution in [2.24, 2.45) is 16.2 Å². The summed E-state index contributed by atoms with van der Waals surface area (Å²) in [5.41, 5.74) is -5.77. The fourth-order valence-electron chi connectivity index (χ4n) is 11.1. The van der Waals surface area contributed by atoms with Gasteiger partial charge in [0.05, 0.1) is 4.92 Å². The van der Waals surface area contributed by atoms with Gasteiger partial charge in [-0.3, -0.25) is 43.7 Å². The largest absolute Gasteiger partial charge is 0.464 e. The van der Waals surface area contributed by atoms with E-state index in [9.17, 15) is 43.7 Å². The predicted octanol–water partition coefficient (Wildman–Crippen LogP) is 20.6. The van der Waals surface area contributed by atoms with Gasteiger partial charge in [0.15, 0.2) is 0 Å². The molecule has 0 amide bonds.